The SMILES string of the molecule is CCCC(OC)C(=O)Cc1cc(F)ccc1F. The molecule has 1 rings (SSSR count). The van der Waals surface area contributed by atoms with Gasteiger partial charge in [0, 0.05) is 13.5 Å². The van der Waals surface area contributed by atoms with Gasteiger partial charge in [-0.2, -0.15) is 0 Å². The summed E-state index contributed by atoms with van der Waals surface area (Å²) in [5, 5.41) is 0. The maximum Gasteiger partial charge on any atom is 0.165 e. The van der Waals surface area contributed by atoms with Crippen LogP contribution in [-0.2, 0) is 16.0 Å². The van der Waals surface area contributed by atoms with Gasteiger partial charge in [-0.05, 0) is 30.2 Å². The molecule has 1 unspecified atom stereocenters. The van der Waals surface area contributed by atoms with Crippen LogP contribution in [0.4, 0.5) is 8.78 Å². The minimum Gasteiger partial charge on any atom is -0.374 e. The monoisotopic (exact) mass is 242 g/mol. The molecule has 1 aromatic carbocycles. The van der Waals surface area contributed by atoms with E-state index in [9.17, 15) is 13.6 Å². The average Bonchev–Trinajstić information content (AvgIpc) is 2.30. The molecule has 94 valence electrons. The predicted molar refractivity (Wildman–Crippen MR) is 60.8 cm³/mol. The fourth-order valence-corrected chi connectivity index (χ4v) is 1.65. The van der Waals surface area contributed by atoms with Crippen molar-refractivity contribution in [1.82, 2.24) is 0 Å². The van der Waals surface area contributed by atoms with Gasteiger partial charge in [-0.15, -0.1) is 0 Å². The van der Waals surface area contributed by atoms with Gasteiger partial charge < -0.3 is 4.74 Å². The molecule has 17 heavy (non-hydrogen) atoms. The van der Waals surface area contributed by atoms with Gasteiger partial charge in [0.25, 0.3) is 0 Å². The normalized spacial score (nSPS) is 12.5. The molecule has 0 aliphatic carbocycles. The highest BCUT2D eigenvalue weighted by Gasteiger charge is 2.18. The summed E-state index contributed by atoms with van der Waals surface area (Å²) in [5.41, 5.74) is 0.0770. The third-order valence-corrected chi connectivity index (χ3v) is 2.57. The quantitative estimate of drug-likeness (QED) is 0.766. The zero-order valence-electron chi connectivity index (χ0n) is 10.0. The zero-order valence-corrected chi connectivity index (χ0v) is 10.0. The van der Waals surface area contributed by atoms with Crippen molar-refractivity contribution in [2.45, 2.75) is 32.3 Å². The number of ether oxygens (including phenoxy) is 1. The van der Waals surface area contributed by atoms with Crippen molar-refractivity contribution < 1.29 is 18.3 Å². The second-order valence-corrected chi connectivity index (χ2v) is 3.89. The van der Waals surface area contributed by atoms with Gasteiger partial charge in [0.15, 0.2) is 5.78 Å². The van der Waals surface area contributed by atoms with Crippen LogP contribution in [0.5, 0.6) is 0 Å². The number of hydrogen-bond acceptors (Lipinski definition) is 2. The standard InChI is InChI=1S/C13H16F2O2/c1-3-4-13(17-2)12(16)8-9-7-10(14)5-6-11(9)15/h5-7,13H,3-4,8H2,1-2H3. The predicted octanol–water partition coefficient (Wildman–Crippen LogP) is 2.89. The minimum atomic E-state index is -0.564. The maximum atomic E-state index is 13.3. The first-order valence-electron chi connectivity index (χ1n) is 5.58. The number of rotatable bonds is 6. The molecular formula is C13H16F2O2. The Morgan fingerprint density at radius 3 is 2.71 bits per heavy atom. The van der Waals surface area contributed by atoms with E-state index in [4.69, 9.17) is 4.74 Å². The highest BCUT2D eigenvalue weighted by atomic mass is 19.1. The molecule has 0 fully saturated rings. The van der Waals surface area contributed by atoms with E-state index in [0.717, 1.165) is 24.6 Å². The van der Waals surface area contributed by atoms with Crippen molar-refractivity contribution in [3.8, 4) is 0 Å². The molecule has 0 aliphatic rings. The van der Waals surface area contributed by atoms with E-state index in [-0.39, 0.29) is 17.8 Å². The van der Waals surface area contributed by atoms with Crippen molar-refractivity contribution >= 4 is 5.78 Å². The largest absolute Gasteiger partial charge is 0.374 e. The van der Waals surface area contributed by atoms with Crippen molar-refractivity contribution in [3.63, 3.8) is 0 Å². The van der Waals surface area contributed by atoms with Crippen molar-refractivity contribution in [2.24, 2.45) is 0 Å². The Balaban J connectivity index is 2.76. The third-order valence-electron chi connectivity index (χ3n) is 2.57. The zero-order chi connectivity index (χ0) is 12.8. The Bertz CT molecular complexity index is 391. The molecule has 0 amide bonds. The molecule has 4 heteroatoms. The number of hydrogen-bond donors (Lipinski definition) is 0. The number of benzene rings is 1. The highest BCUT2D eigenvalue weighted by molar-refractivity contribution is 5.85. The summed E-state index contributed by atoms with van der Waals surface area (Å²) in [6.07, 6.45) is 0.715. The van der Waals surface area contributed by atoms with Crippen LogP contribution < -0.4 is 0 Å². The summed E-state index contributed by atoms with van der Waals surface area (Å²) < 4.78 is 31.3. The Hall–Kier alpha value is -1.29. The first kappa shape index (κ1) is 13.8. The molecule has 0 bridgehead atoms. The van der Waals surface area contributed by atoms with E-state index in [0.29, 0.717) is 6.42 Å². The fraction of sp³-hybridized carbons (Fsp3) is 0.462. The summed E-state index contributed by atoms with van der Waals surface area (Å²) in [6, 6.07) is 3.11. The molecule has 2 nitrogen and oxygen atoms in total. The molecule has 1 aromatic rings. The van der Waals surface area contributed by atoms with Crippen molar-refractivity contribution in [1.29, 1.82) is 0 Å². The summed E-state index contributed by atoms with van der Waals surface area (Å²) in [7, 11) is 1.44. The van der Waals surface area contributed by atoms with Crippen LogP contribution in [0.25, 0.3) is 0 Å². The molecule has 1 atom stereocenters. The van der Waals surface area contributed by atoms with E-state index in [1.807, 2.05) is 6.92 Å². The second kappa shape index (κ2) is 6.45. The smallest absolute Gasteiger partial charge is 0.165 e. The topological polar surface area (TPSA) is 26.3 Å². The van der Waals surface area contributed by atoms with Gasteiger partial charge in [-0.25, -0.2) is 8.78 Å². The molecule has 0 radical (unpaired) electrons. The van der Waals surface area contributed by atoms with Gasteiger partial charge in [-0.3, -0.25) is 4.79 Å². The molecule has 0 heterocycles. The number of halogens is 2. The van der Waals surface area contributed by atoms with Crippen LogP contribution in [0.2, 0.25) is 0 Å². The Kier molecular flexibility index (Phi) is 5.22. The van der Waals surface area contributed by atoms with E-state index in [2.05, 4.69) is 0 Å². The van der Waals surface area contributed by atoms with Gasteiger partial charge in [-0.1, -0.05) is 13.3 Å². The third kappa shape index (κ3) is 3.89. The lowest BCUT2D eigenvalue weighted by atomic mass is 10.0. The maximum absolute atomic E-state index is 13.3. The molecule has 0 N–H and O–H groups in total. The van der Waals surface area contributed by atoms with Crippen LogP contribution in [0.15, 0.2) is 18.2 Å². The molecule has 0 aliphatic heterocycles. The number of carbonyl (C=O) groups is 1. The lowest BCUT2D eigenvalue weighted by Crippen LogP contribution is -2.24. The van der Waals surface area contributed by atoms with E-state index in [1.165, 1.54) is 7.11 Å². The summed E-state index contributed by atoms with van der Waals surface area (Å²) in [4.78, 5) is 11.8. The lowest BCUT2D eigenvalue weighted by Gasteiger charge is -2.13. The van der Waals surface area contributed by atoms with Crippen LogP contribution in [0.1, 0.15) is 25.3 Å². The van der Waals surface area contributed by atoms with Crippen LogP contribution in [-0.4, -0.2) is 19.0 Å². The second-order valence-electron chi connectivity index (χ2n) is 3.89. The van der Waals surface area contributed by atoms with Crippen LogP contribution >= 0.6 is 0 Å². The molecular weight excluding hydrogens is 226 g/mol. The molecule has 0 spiro atoms. The van der Waals surface area contributed by atoms with E-state index < -0.39 is 17.7 Å². The summed E-state index contributed by atoms with van der Waals surface area (Å²) >= 11 is 0. The van der Waals surface area contributed by atoms with Gasteiger partial charge >= 0.3 is 0 Å². The van der Waals surface area contributed by atoms with Crippen LogP contribution in [0.3, 0.4) is 0 Å². The first-order valence-corrected chi connectivity index (χ1v) is 5.58. The van der Waals surface area contributed by atoms with Crippen LogP contribution in [0, 0.1) is 11.6 Å². The van der Waals surface area contributed by atoms with Gasteiger partial charge in [0.05, 0.1) is 0 Å². The Morgan fingerprint density at radius 2 is 2.12 bits per heavy atom. The van der Waals surface area contributed by atoms with Crippen molar-refractivity contribution in [3.05, 3.63) is 35.4 Å². The Morgan fingerprint density at radius 1 is 1.41 bits per heavy atom. The van der Waals surface area contributed by atoms with E-state index >= 15 is 0 Å². The van der Waals surface area contributed by atoms with Gasteiger partial charge in [0.2, 0.25) is 0 Å². The Labute approximate surface area is 99.6 Å². The molecule has 0 saturated heterocycles. The van der Waals surface area contributed by atoms with E-state index in [1.54, 1.807) is 0 Å². The lowest BCUT2D eigenvalue weighted by molar-refractivity contribution is -0.128. The summed E-state index contributed by atoms with van der Waals surface area (Å²) in [5.74, 6) is -1.33. The van der Waals surface area contributed by atoms with Gasteiger partial charge in [0.1, 0.15) is 17.7 Å². The average molecular weight is 242 g/mol. The number of carbonyl (C=O) groups excluding carboxylic acids is 1. The number of methoxy groups -OCH3 is 1. The van der Waals surface area contributed by atoms with Crippen molar-refractivity contribution in [2.75, 3.05) is 7.11 Å². The molecule has 0 saturated carbocycles. The first-order chi connectivity index (χ1) is 8.08. The highest BCUT2D eigenvalue weighted by Crippen LogP contribution is 2.13. The summed E-state index contributed by atoms with van der Waals surface area (Å²) in [6.45, 7) is 1.93. The minimum absolute atomic E-state index is 0.0770. The number of ketones is 1. The fourth-order valence-electron chi connectivity index (χ4n) is 1.65. The number of Topliss-reactive ketones (excluding diaryl/α,β-unsaturated/α-hetero) is 1. The molecule has 0 aromatic heterocycles.